The molecule has 2 nitrogen and oxygen atoms in total. The van der Waals surface area contributed by atoms with Gasteiger partial charge >= 0.3 is 0 Å². The fourth-order valence-electron chi connectivity index (χ4n) is 0.874. The van der Waals surface area contributed by atoms with Gasteiger partial charge in [0.2, 0.25) is 0 Å². The van der Waals surface area contributed by atoms with E-state index >= 15 is 0 Å². The Hall–Kier alpha value is 0.0500. The van der Waals surface area contributed by atoms with Crippen LogP contribution >= 0.6 is 24.8 Å². The van der Waals surface area contributed by atoms with E-state index in [1.54, 1.807) is 0 Å². The number of rotatable bonds is 2. The molecule has 0 aromatic rings. The van der Waals surface area contributed by atoms with Gasteiger partial charge in [-0.2, -0.15) is 0 Å². The molecule has 0 fully saturated rings. The highest BCUT2D eigenvalue weighted by molar-refractivity contribution is 5.85. The predicted molar refractivity (Wildman–Crippen MR) is 49.7 cm³/mol. The van der Waals surface area contributed by atoms with Crippen molar-refractivity contribution in [2.75, 3.05) is 19.6 Å². The maximum atomic E-state index is 4.08. The highest BCUT2D eigenvalue weighted by Gasteiger charge is 2.00. The number of hydrogen-bond acceptors (Lipinski definition) is 2. The first-order chi connectivity index (χ1) is 3.93. The molecule has 0 aromatic heterocycles. The first-order valence-electron chi connectivity index (χ1n) is 3.17. The van der Waals surface area contributed by atoms with E-state index in [9.17, 15) is 0 Å². The molecule has 0 atom stereocenters. The molecule has 0 aromatic carbocycles. The van der Waals surface area contributed by atoms with Gasteiger partial charge in [0.15, 0.2) is 0 Å². The van der Waals surface area contributed by atoms with Crippen molar-refractivity contribution >= 4 is 31.2 Å². The van der Waals surface area contributed by atoms with Crippen LogP contribution in [0.4, 0.5) is 0 Å². The molecule has 1 heterocycles. The Bertz CT molecular complexity index is 95.7. The van der Waals surface area contributed by atoms with Crippen LogP contribution in [0.15, 0.2) is 4.99 Å². The van der Waals surface area contributed by atoms with Crippen LogP contribution in [0.3, 0.4) is 0 Å². The van der Waals surface area contributed by atoms with Gasteiger partial charge in [-0.1, -0.05) is 6.92 Å². The molecule has 62 valence electrons. The predicted octanol–water partition coefficient (Wildman–Crippen LogP) is 1.58. The van der Waals surface area contributed by atoms with E-state index in [0.717, 1.165) is 13.1 Å². The first kappa shape index (κ1) is 12.7. The third-order valence-electron chi connectivity index (χ3n) is 1.27. The van der Waals surface area contributed by atoms with E-state index in [0.29, 0.717) is 0 Å². The summed E-state index contributed by atoms with van der Waals surface area (Å²) in [5.41, 5.74) is 0. The first-order valence-corrected chi connectivity index (χ1v) is 3.17. The average Bonchev–Trinajstić information content (AvgIpc) is 2.19. The summed E-state index contributed by atoms with van der Waals surface area (Å²) in [6.07, 6.45) is 3.18. The third-order valence-corrected chi connectivity index (χ3v) is 1.27. The van der Waals surface area contributed by atoms with Gasteiger partial charge in [-0.3, -0.25) is 4.99 Å². The van der Waals surface area contributed by atoms with Crippen LogP contribution in [-0.2, 0) is 0 Å². The summed E-state index contributed by atoms with van der Waals surface area (Å²) in [5, 5.41) is 0. The van der Waals surface area contributed by atoms with Crippen LogP contribution in [0.5, 0.6) is 0 Å². The molecular formula is C6H14Cl2N2. The van der Waals surface area contributed by atoms with Crippen molar-refractivity contribution in [2.24, 2.45) is 4.99 Å². The fourth-order valence-corrected chi connectivity index (χ4v) is 0.874. The second-order valence-corrected chi connectivity index (χ2v) is 2.06. The van der Waals surface area contributed by atoms with E-state index in [2.05, 4.69) is 16.8 Å². The summed E-state index contributed by atoms with van der Waals surface area (Å²) in [6.45, 7) is 5.49. The maximum Gasteiger partial charge on any atom is 0.0851 e. The summed E-state index contributed by atoms with van der Waals surface area (Å²) in [7, 11) is 0. The molecule has 0 spiro atoms. The van der Waals surface area contributed by atoms with Crippen molar-refractivity contribution in [3.63, 3.8) is 0 Å². The van der Waals surface area contributed by atoms with Gasteiger partial charge in [0, 0.05) is 13.1 Å². The van der Waals surface area contributed by atoms with E-state index in [-0.39, 0.29) is 24.8 Å². The minimum atomic E-state index is 0. The van der Waals surface area contributed by atoms with Crippen molar-refractivity contribution in [3.05, 3.63) is 0 Å². The zero-order chi connectivity index (χ0) is 5.82. The molecule has 0 aliphatic carbocycles. The maximum absolute atomic E-state index is 4.08. The lowest BCUT2D eigenvalue weighted by Gasteiger charge is -2.10. The monoisotopic (exact) mass is 184 g/mol. The Balaban J connectivity index is 0. The minimum Gasteiger partial charge on any atom is -0.361 e. The summed E-state index contributed by atoms with van der Waals surface area (Å²) in [6, 6.07) is 0. The van der Waals surface area contributed by atoms with E-state index < -0.39 is 0 Å². The molecule has 1 aliphatic heterocycles. The van der Waals surface area contributed by atoms with Crippen LogP contribution in [0.25, 0.3) is 0 Å². The van der Waals surface area contributed by atoms with E-state index in [1.807, 2.05) is 6.34 Å². The molecular weight excluding hydrogens is 171 g/mol. The summed E-state index contributed by atoms with van der Waals surface area (Å²) in [4.78, 5) is 6.33. The molecule has 1 aliphatic rings. The summed E-state index contributed by atoms with van der Waals surface area (Å²) in [5.74, 6) is 0. The zero-order valence-electron chi connectivity index (χ0n) is 6.12. The molecule has 0 saturated heterocycles. The van der Waals surface area contributed by atoms with E-state index in [4.69, 9.17) is 0 Å². The van der Waals surface area contributed by atoms with Gasteiger partial charge in [-0.25, -0.2) is 0 Å². The molecule has 4 heteroatoms. The highest BCUT2D eigenvalue weighted by atomic mass is 35.5. The Morgan fingerprint density at radius 1 is 1.50 bits per heavy atom. The molecule has 0 bridgehead atoms. The number of halogens is 2. The molecule has 1 rings (SSSR count). The topological polar surface area (TPSA) is 15.6 Å². The molecule has 0 unspecified atom stereocenters. The average molecular weight is 185 g/mol. The number of nitrogens with zero attached hydrogens (tertiary/aromatic N) is 2. The van der Waals surface area contributed by atoms with Crippen molar-refractivity contribution in [2.45, 2.75) is 13.3 Å². The summed E-state index contributed by atoms with van der Waals surface area (Å²) < 4.78 is 0. The Morgan fingerprint density at radius 2 is 2.20 bits per heavy atom. The molecule has 0 amide bonds. The standard InChI is InChI=1S/C6H12N2.2ClH/c1-2-4-8-5-3-7-6-8;;/h6H,2-5H2,1H3;2*1H. The Labute approximate surface area is 74.5 Å². The Kier molecular flexibility index (Phi) is 9.10. The molecule has 0 N–H and O–H groups in total. The van der Waals surface area contributed by atoms with E-state index in [1.165, 1.54) is 13.0 Å². The van der Waals surface area contributed by atoms with Crippen LogP contribution in [0.2, 0.25) is 0 Å². The molecule has 0 radical (unpaired) electrons. The lowest BCUT2D eigenvalue weighted by molar-refractivity contribution is 0.466. The molecule has 10 heavy (non-hydrogen) atoms. The van der Waals surface area contributed by atoms with Gasteiger partial charge in [-0.15, -0.1) is 24.8 Å². The van der Waals surface area contributed by atoms with Gasteiger partial charge in [-0.05, 0) is 6.42 Å². The fraction of sp³-hybridized carbons (Fsp3) is 0.833. The largest absolute Gasteiger partial charge is 0.361 e. The third kappa shape index (κ3) is 3.96. The van der Waals surface area contributed by atoms with Crippen molar-refractivity contribution in [3.8, 4) is 0 Å². The van der Waals surface area contributed by atoms with Crippen LogP contribution < -0.4 is 0 Å². The van der Waals surface area contributed by atoms with Gasteiger partial charge < -0.3 is 4.90 Å². The normalized spacial score (nSPS) is 14.3. The van der Waals surface area contributed by atoms with Crippen molar-refractivity contribution in [1.29, 1.82) is 0 Å². The summed E-state index contributed by atoms with van der Waals surface area (Å²) >= 11 is 0. The van der Waals surface area contributed by atoms with Crippen molar-refractivity contribution in [1.82, 2.24) is 4.90 Å². The lowest BCUT2D eigenvalue weighted by Crippen LogP contribution is -2.19. The van der Waals surface area contributed by atoms with Gasteiger partial charge in [0.25, 0.3) is 0 Å². The quantitative estimate of drug-likeness (QED) is 0.637. The van der Waals surface area contributed by atoms with Gasteiger partial charge in [0.1, 0.15) is 0 Å². The van der Waals surface area contributed by atoms with Crippen LogP contribution in [0, 0.1) is 0 Å². The SMILES string of the molecule is CCCN1C=NCC1.Cl.Cl. The number of hydrogen-bond donors (Lipinski definition) is 0. The van der Waals surface area contributed by atoms with Crippen molar-refractivity contribution < 1.29 is 0 Å². The second-order valence-electron chi connectivity index (χ2n) is 2.06. The lowest BCUT2D eigenvalue weighted by atomic mass is 10.4. The second kappa shape index (κ2) is 7.16. The highest BCUT2D eigenvalue weighted by Crippen LogP contribution is 1.92. The zero-order valence-corrected chi connectivity index (χ0v) is 7.75. The molecule has 0 saturated carbocycles. The minimum absolute atomic E-state index is 0. The van der Waals surface area contributed by atoms with Crippen LogP contribution in [0.1, 0.15) is 13.3 Å². The number of aliphatic imine (C=N–C) groups is 1. The smallest absolute Gasteiger partial charge is 0.0851 e. The van der Waals surface area contributed by atoms with Crippen LogP contribution in [-0.4, -0.2) is 30.9 Å². The van der Waals surface area contributed by atoms with Gasteiger partial charge in [0.05, 0.1) is 12.9 Å². The Morgan fingerprint density at radius 3 is 2.60 bits per heavy atom.